The normalized spacial score (nSPS) is 20.0. The summed E-state index contributed by atoms with van der Waals surface area (Å²) in [6.45, 7) is 3.87. The molecule has 1 heterocycles. The van der Waals surface area contributed by atoms with E-state index in [1.807, 2.05) is 0 Å². The molecule has 0 spiro atoms. The van der Waals surface area contributed by atoms with Gasteiger partial charge in [0.25, 0.3) is 0 Å². The first-order valence-electron chi connectivity index (χ1n) is 27.9. The number of carbonyl (C=O) groups is 1. The van der Waals surface area contributed by atoms with Crippen LogP contribution in [0.5, 0.6) is 0 Å². The van der Waals surface area contributed by atoms with Crippen molar-refractivity contribution in [2.75, 3.05) is 13.2 Å². The lowest BCUT2D eigenvalue weighted by Gasteiger charge is -2.40. The Morgan fingerprint density at radius 2 is 0.875 bits per heavy atom. The fourth-order valence-corrected chi connectivity index (χ4v) is 9.16. The molecule has 1 amide bonds. The van der Waals surface area contributed by atoms with E-state index in [1.165, 1.54) is 212 Å². The number of nitrogens with one attached hydrogen (secondary N) is 1. The van der Waals surface area contributed by atoms with Crippen molar-refractivity contribution in [2.45, 2.75) is 320 Å². The molecule has 9 heteroatoms. The van der Waals surface area contributed by atoms with Gasteiger partial charge in [-0.2, -0.15) is 0 Å². The quantitative estimate of drug-likeness (QED) is 0.0261. The van der Waals surface area contributed by atoms with Crippen LogP contribution in [-0.4, -0.2) is 87.5 Å². The lowest BCUT2D eigenvalue weighted by Crippen LogP contribution is -2.60. The summed E-state index contributed by atoms with van der Waals surface area (Å²) in [5, 5.41) is 54.6. The monoisotopic (exact) mass is 910 g/mol. The highest BCUT2D eigenvalue weighted by atomic mass is 16.7. The fraction of sp³-hybridized carbons (Fsp3) is 0.945. The van der Waals surface area contributed by atoms with E-state index in [9.17, 15) is 30.3 Å². The summed E-state index contributed by atoms with van der Waals surface area (Å²) in [5.41, 5.74) is 0. The molecule has 9 nitrogen and oxygen atoms in total. The second-order valence-electron chi connectivity index (χ2n) is 19.7. The summed E-state index contributed by atoms with van der Waals surface area (Å²) in [4.78, 5) is 13.1. The molecule has 6 N–H and O–H groups in total. The zero-order valence-electron chi connectivity index (χ0n) is 42.1. The molecule has 1 saturated heterocycles. The van der Waals surface area contributed by atoms with E-state index in [4.69, 9.17) is 9.47 Å². The third kappa shape index (κ3) is 35.1. The van der Waals surface area contributed by atoms with Crippen molar-refractivity contribution >= 4 is 5.91 Å². The second-order valence-corrected chi connectivity index (χ2v) is 19.7. The Morgan fingerprint density at radius 1 is 0.516 bits per heavy atom. The van der Waals surface area contributed by atoms with Crippen molar-refractivity contribution in [2.24, 2.45) is 0 Å². The van der Waals surface area contributed by atoms with Crippen LogP contribution in [0.25, 0.3) is 0 Å². The maximum Gasteiger partial charge on any atom is 0.220 e. The van der Waals surface area contributed by atoms with Gasteiger partial charge in [-0.1, -0.05) is 244 Å². The number of aliphatic hydroxyl groups is 5. The van der Waals surface area contributed by atoms with Gasteiger partial charge < -0.3 is 40.3 Å². The Kier molecular flexibility index (Phi) is 43.5. The number of rotatable bonds is 48. The van der Waals surface area contributed by atoms with Crippen LogP contribution in [0.2, 0.25) is 0 Å². The van der Waals surface area contributed by atoms with Crippen LogP contribution < -0.4 is 5.32 Å². The minimum Gasteiger partial charge on any atom is -0.394 e. The van der Waals surface area contributed by atoms with Crippen molar-refractivity contribution in [1.82, 2.24) is 5.32 Å². The lowest BCUT2D eigenvalue weighted by atomic mass is 9.99. The molecule has 1 aliphatic heterocycles. The Bertz CT molecular complexity index is 1010. The van der Waals surface area contributed by atoms with Crippen LogP contribution in [0.15, 0.2) is 12.2 Å². The Hall–Kier alpha value is -1.07. The molecular formula is C55H107NO8. The maximum atomic E-state index is 13.1. The number of hydrogen-bond acceptors (Lipinski definition) is 8. The van der Waals surface area contributed by atoms with Gasteiger partial charge in [0.05, 0.1) is 25.4 Å². The minimum absolute atomic E-state index is 0.135. The first-order chi connectivity index (χ1) is 31.3. The zero-order chi connectivity index (χ0) is 46.6. The molecule has 64 heavy (non-hydrogen) atoms. The smallest absolute Gasteiger partial charge is 0.220 e. The van der Waals surface area contributed by atoms with Gasteiger partial charge in [-0.3, -0.25) is 4.79 Å². The number of unbranched alkanes of at least 4 members (excludes halogenated alkanes) is 36. The van der Waals surface area contributed by atoms with Gasteiger partial charge in [-0.15, -0.1) is 0 Å². The Morgan fingerprint density at radius 3 is 1.27 bits per heavy atom. The molecule has 0 saturated carbocycles. The molecule has 0 radical (unpaired) electrons. The molecule has 0 aromatic heterocycles. The zero-order valence-corrected chi connectivity index (χ0v) is 42.1. The molecular weight excluding hydrogens is 803 g/mol. The molecule has 1 rings (SSSR count). The lowest BCUT2D eigenvalue weighted by molar-refractivity contribution is -0.302. The first-order valence-corrected chi connectivity index (χ1v) is 27.9. The van der Waals surface area contributed by atoms with Crippen LogP contribution in [0.1, 0.15) is 277 Å². The van der Waals surface area contributed by atoms with Gasteiger partial charge in [0, 0.05) is 6.42 Å². The van der Waals surface area contributed by atoms with E-state index in [0.717, 1.165) is 38.5 Å². The van der Waals surface area contributed by atoms with Crippen LogP contribution in [0, 0.1) is 0 Å². The maximum absolute atomic E-state index is 13.1. The summed E-state index contributed by atoms with van der Waals surface area (Å²) in [6.07, 6.45) is 48.0. The predicted octanol–water partition coefficient (Wildman–Crippen LogP) is 13.2. The van der Waals surface area contributed by atoms with Crippen molar-refractivity contribution < 1.29 is 39.8 Å². The largest absolute Gasteiger partial charge is 0.394 e. The average Bonchev–Trinajstić information content (AvgIpc) is 3.29. The van der Waals surface area contributed by atoms with Crippen molar-refractivity contribution in [1.29, 1.82) is 0 Å². The van der Waals surface area contributed by atoms with Crippen LogP contribution in [-0.2, 0) is 14.3 Å². The topological polar surface area (TPSA) is 149 Å². The van der Waals surface area contributed by atoms with Gasteiger partial charge in [0.2, 0.25) is 5.91 Å². The summed E-state index contributed by atoms with van der Waals surface area (Å²) in [7, 11) is 0. The van der Waals surface area contributed by atoms with Gasteiger partial charge in [0.15, 0.2) is 6.29 Å². The third-order valence-corrected chi connectivity index (χ3v) is 13.6. The fourth-order valence-electron chi connectivity index (χ4n) is 9.16. The van der Waals surface area contributed by atoms with E-state index in [-0.39, 0.29) is 12.5 Å². The molecule has 7 unspecified atom stereocenters. The van der Waals surface area contributed by atoms with E-state index in [1.54, 1.807) is 0 Å². The number of aliphatic hydroxyl groups excluding tert-OH is 5. The SMILES string of the molecule is CCCCCCCCCC/C=C\CCCCCCCCCCCC(=O)NC(COC1OC(CO)C(O)C(O)C1O)C(O)CCCCCCCCCCCCCCCCCCCCCC. The van der Waals surface area contributed by atoms with Crippen molar-refractivity contribution in [3.8, 4) is 0 Å². The van der Waals surface area contributed by atoms with Crippen LogP contribution in [0.3, 0.4) is 0 Å². The molecule has 0 aromatic carbocycles. The summed E-state index contributed by atoms with van der Waals surface area (Å²) < 4.78 is 11.3. The highest BCUT2D eigenvalue weighted by Gasteiger charge is 2.44. The van der Waals surface area contributed by atoms with Crippen molar-refractivity contribution in [3.63, 3.8) is 0 Å². The summed E-state index contributed by atoms with van der Waals surface area (Å²) in [6, 6.07) is -0.717. The molecule has 1 aliphatic rings. The van der Waals surface area contributed by atoms with Gasteiger partial charge in [0.1, 0.15) is 24.4 Å². The molecule has 0 bridgehead atoms. The second kappa shape index (κ2) is 45.7. The molecule has 7 atom stereocenters. The minimum atomic E-state index is -1.55. The Balaban J connectivity index is 2.22. The molecule has 0 aliphatic carbocycles. The molecule has 380 valence electrons. The number of hydrogen-bond donors (Lipinski definition) is 6. The standard InChI is InChI=1S/C55H107NO8/c1-3-5-7-9-11-13-15-17-19-21-23-25-27-29-31-33-35-37-39-41-43-45-51(59)56-48(47-63-55-54(62)53(61)52(60)50(46-57)64-55)49(58)44-42-40-38-36-34-32-30-28-26-24-22-20-18-16-14-12-10-8-6-4-2/h21,23,48-50,52-55,57-58,60-62H,3-20,22,24-47H2,1-2H3,(H,56,59)/b23-21-. The molecule has 0 aromatic rings. The van der Waals surface area contributed by atoms with Gasteiger partial charge >= 0.3 is 0 Å². The van der Waals surface area contributed by atoms with E-state index < -0.39 is 49.5 Å². The average molecular weight is 910 g/mol. The van der Waals surface area contributed by atoms with Gasteiger partial charge in [-0.25, -0.2) is 0 Å². The summed E-state index contributed by atoms with van der Waals surface area (Å²) in [5.74, 6) is -0.142. The highest BCUT2D eigenvalue weighted by Crippen LogP contribution is 2.23. The summed E-state index contributed by atoms with van der Waals surface area (Å²) >= 11 is 0. The van der Waals surface area contributed by atoms with E-state index >= 15 is 0 Å². The first kappa shape index (κ1) is 60.9. The number of carbonyl (C=O) groups excluding carboxylic acids is 1. The third-order valence-electron chi connectivity index (χ3n) is 13.6. The highest BCUT2D eigenvalue weighted by molar-refractivity contribution is 5.76. The van der Waals surface area contributed by atoms with Gasteiger partial charge in [-0.05, 0) is 38.5 Å². The number of allylic oxidation sites excluding steroid dienone is 2. The Labute approximate surface area is 395 Å². The van der Waals surface area contributed by atoms with E-state index in [2.05, 4.69) is 31.3 Å². The number of amides is 1. The number of ether oxygens (including phenoxy) is 2. The van der Waals surface area contributed by atoms with E-state index in [0.29, 0.717) is 12.8 Å². The molecule has 1 fully saturated rings. The van der Waals surface area contributed by atoms with Crippen LogP contribution >= 0.6 is 0 Å². The van der Waals surface area contributed by atoms with Crippen molar-refractivity contribution in [3.05, 3.63) is 12.2 Å². The predicted molar refractivity (Wildman–Crippen MR) is 267 cm³/mol. The van der Waals surface area contributed by atoms with Crippen LogP contribution in [0.4, 0.5) is 0 Å².